The van der Waals surface area contributed by atoms with Gasteiger partial charge in [-0.25, -0.2) is 4.79 Å². The summed E-state index contributed by atoms with van der Waals surface area (Å²) in [6, 6.07) is 7.69. The van der Waals surface area contributed by atoms with Gasteiger partial charge in [0.25, 0.3) is 11.6 Å². The van der Waals surface area contributed by atoms with Crippen LogP contribution in [0, 0.1) is 10.1 Å². The summed E-state index contributed by atoms with van der Waals surface area (Å²) in [6.45, 7) is 1.22. The van der Waals surface area contributed by atoms with E-state index >= 15 is 0 Å². The van der Waals surface area contributed by atoms with Crippen molar-refractivity contribution in [2.24, 2.45) is 0 Å². The van der Waals surface area contributed by atoms with Gasteiger partial charge < -0.3 is 19.5 Å². The molecule has 0 radical (unpaired) electrons. The summed E-state index contributed by atoms with van der Waals surface area (Å²) in [5.74, 6) is -2.12. The number of nitro benzene ring substituents is 1. The van der Waals surface area contributed by atoms with Gasteiger partial charge in [0.15, 0.2) is 6.61 Å². The van der Waals surface area contributed by atoms with Crippen LogP contribution in [-0.4, -0.2) is 36.4 Å². The number of hydrogen-bond donors (Lipinski definition) is 1. The fourth-order valence-corrected chi connectivity index (χ4v) is 2.22. The first-order chi connectivity index (χ1) is 14.1. The summed E-state index contributed by atoms with van der Waals surface area (Å²) in [5.41, 5.74) is -0.664. The molecule has 0 spiro atoms. The van der Waals surface area contributed by atoms with Crippen molar-refractivity contribution >= 4 is 23.3 Å². The first kappa shape index (κ1) is 22.5. The second kappa shape index (κ2) is 9.58. The molecular weight excluding hydrogens is 413 g/mol. The smallest absolute Gasteiger partial charge is 0.494 e. The quantitative estimate of drug-likeness (QED) is 0.387. The molecule has 0 aliphatic heterocycles. The SMILES string of the molecule is CCOc1ccc(NC(=O)COC(=O)c2ccc(OC(F)(F)F)cc2)c([N+](=O)[O-])c1. The molecule has 0 saturated carbocycles. The van der Waals surface area contributed by atoms with E-state index in [1.54, 1.807) is 6.92 Å². The van der Waals surface area contributed by atoms with Crippen molar-refractivity contribution in [3.8, 4) is 11.5 Å². The molecule has 2 aromatic carbocycles. The number of nitro groups is 1. The van der Waals surface area contributed by atoms with Crippen molar-refractivity contribution < 1.29 is 41.9 Å². The molecular formula is C18H15F3N2O7. The van der Waals surface area contributed by atoms with Crippen LogP contribution in [0.3, 0.4) is 0 Å². The van der Waals surface area contributed by atoms with Gasteiger partial charge in [0.05, 0.1) is 23.2 Å². The number of ether oxygens (including phenoxy) is 3. The first-order valence-corrected chi connectivity index (χ1v) is 8.33. The maximum atomic E-state index is 12.1. The number of anilines is 1. The highest BCUT2D eigenvalue weighted by molar-refractivity contribution is 5.96. The van der Waals surface area contributed by atoms with E-state index in [1.165, 1.54) is 12.1 Å². The minimum atomic E-state index is -4.87. The van der Waals surface area contributed by atoms with Crippen LogP contribution in [0.5, 0.6) is 11.5 Å². The number of benzene rings is 2. The van der Waals surface area contributed by atoms with E-state index in [0.717, 1.165) is 30.3 Å². The number of nitrogens with zero attached hydrogens (tertiary/aromatic N) is 1. The summed E-state index contributed by atoms with van der Waals surface area (Å²) in [4.78, 5) is 34.3. The number of rotatable bonds is 8. The molecule has 0 aliphatic rings. The molecule has 0 saturated heterocycles. The number of alkyl halides is 3. The number of carbonyl (C=O) groups is 2. The number of hydrogen-bond acceptors (Lipinski definition) is 7. The predicted octanol–water partition coefficient (Wildman–Crippen LogP) is 3.69. The Labute approximate surface area is 167 Å². The average Bonchev–Trinajstić information content (AvgIpc) is 2.66. The Bertz CT molecular complexity index is 930. The van der Waals surface area contributed by atoms with Crippen molar-refractivity contribution in [2.45, 2.75) is 13.3 Å². The molecule has 9 nitrogen and oxygen atoms in total. The van der Waals surface area contributed by atoms with Crippen molar-refractivity contribution in [3.63, 3.8) is 0 Å². The van der Waals surface area contributed by atoms with E-state index in [2.05, 4.69) is 10.1 Å². The van der Waals surface area contributed by atoms with E-state index in [4.69, 9.17) is 9.47 Å². The summed E-state index contributed by atoms with van der Waals surface area (Å²) in [7, 11) is 0. The molecule has 1 amide bonds. The first-order valence-electron chi connectivity index (χ1n) is 8.33. The topological polar surface area (TPSA) is 117 Å². The maximum Gasteiger partial charge on any atom is 0.573 e. The Kier molecular flexibility index (Phi) is 7.17. The van der Waals surface area contributed by atoms with Crippen LogP contribution < -0.4 is 14.8 Å². The van der Waals surface area contributed by atoms with Gasteiger partial charge >= 0.3 is 12.3 Å². The lowest BCUT2D eigenvalue weighted by Gasteiger charge is -2.10. The third-order valence-corrected chi connectivity index (χ3v) is 3.41. The van der Waals surface area contributed by atoms with E-state index in [9.17, 15) is 32.9 Å². The van der Waals surface area contributed by atoms with Gasteiger partial charge in [-0.3, -0.25) is 14.9 Å². The minimum absolute atomic E-state index is 0.121. The highest BCUT2D eigenvalue weighted by atomic mass is 19.4. The number of carbonyl (C=O) groups excluding carboxylic acids is 2. The zero-order valence-corrected chi connectivity index (χ0v) is 15.4. The second-order valence-corrected chi connectivity index (χ2v) is 5.57. The molecule has 2 rings (SSSR count). The summed E-state index contributed by atoms with van der Waals surface area (Å²) >= 11 is 0. The van der Waals surface area contributed by atoms with Gasteiger partial charge in [-0.2, -0.15) is 0 Å². The van der Waals surface area contributed by atoms with Crippen LogP contribution in [0.4, 0.5) is 24.5 Å². The molecule has 2 aromatic rings. The number of amides is 1. The van der Waals surface area contributed by atoms with Crippen molar-refractivity contribution in [1.82, 2.24) is 0 Å². The Balaban J connectivity index is 1.96. The molecule has 0 aliphatic carbocycles. The lowest BCUT2D eigenvalue weighted by molar-refractivity contribution is -0.384. The van der Waals surface area contributed by atoms with E-state index in [0.29, 0.717) is 6.61 Å². The maximum absolute atomic E-state index is 12.1. The average molecular weight is 428 g/mol. The third-order valence-electron chi connectivity index (χ3n) is 3.41. The molecule has 0 unspecified atom stereocenters. The minimum Gasteiger partial charge on any atom is -0.494 e. The molecule has 12 heteroatoms. The van der Waals surface area contributed by atoms with Gasteiger partial charge in [0.1, 0.15) is 17.2 Å². The lowest BCUT2D eigenvalue weighted by Crippen LogP contribution is -2.21. The summed E-state index contributed by atoms with van der Waals surface area (Å²) in [5, 5.41) is 13.4. The number of esters is 1. The number of halogens is 3. The molecule has 160 valence electrons. The monoisotopic (exact) mass is 428 g/mol. The van der Waals surface area contributed by atoms with Gasteiger partial charge in [0.2, 0.25) is 0 Å². The van der Waals surface area contributed by atoms with E-state index in [1.807, 2.05) is 0 Å². The van der Waals surface area contributed by atoms with Crippen LogP contribution in [0.25, 0.3) is 0 Å². The zero-order chi connectivity index (χ0) is 22.3. The van der Waals surface area contributed by atoms with Gasteiger partial charge in [-0.1, -0.05) is 0 Å². The van der Waals surface area contributed by atoms with Crippen LogP contribution in [0.2, 0.25) is 0 Å². The number of nitrogens with one attached hydrogen (secondary N) is 1. The lowest BCUT2D eigenvalue weighted by atomic mass is 10.2. The summed E-state index contributed by atoms with van der Waals surface area (Å²) < 4.78 is 50.0. The van der Waals surface area contributed by atoms with Crippen LogP contribution in [-0.2, 0) is 9.53 Å². The summed E-state index contributed by atoms with van der Waals surface area (Å²) in [6.07, 6.45) is -4.87. The van der Waals surface area contributed by atoms with Crippen LogP contribution in [0.15, 0.2) is 42.5 Å². The molecule has 0 fully saturated rings. The molecule has 1 N–H and O–H groups in total. The Morgan fingerprint density at radius 1 is 1.10 bits per heavy atom. The molecule has 0 atom stereocenters. The predicted molar refractivity (Wildman–Crippen MR) is 96.3 cm³/mol. The fourth-order valence-electron chi connectivity index (χ4n) is 2.22. The third kappa shape index (κ3) is 6.65. The fraction of sp³-hybridized carbons (Fsp3) is 0.222. The molecule has 0 bridgehead atoms. The van der Waals surface area contributed by atoms with Crippen LogP contribution in [0.1, 0.15) is 17.3 Å². The highest BCUT2D eigenvalue weighted by Gasteiger charge is 2.31. The van der Waals surface area contributed by atoms with Crippen molar-refractivity contribution in [2.75, 3.05) is 18.5 Å². The molecule has 30 heavy (non-hydrogen) atoms. The second-order valence-electron chi connectivity index (χ2n) is 5.57. The van der Waals surface area contributed by atoms with Crippen molar-refractivity contribution in [3.05, 3.63) is 58.1 Å². The van der Waals surface area contributed by atoms with Crippen molar-refractivity contribution in [1.29, 1.82) is 0 Å². The Morgan fingerprint density at radius 2 is 1.73 bits per heavy atom. The molecule has 0 heterocycles. The normalized spacial score (nSPS) is 10.8. The van der Waals surface area contributed by atoms with Gasteiger partial charge in [-0.05, 0) is 43.3 Å². The largest absolute Gasteiger partial charge is 0.573 e. The van der Waals surface area contributed by atoms with E-state index in [-0.39, 0.29) is 17.0 Å². The highest BCUT2D eigenvalue weighted by Crippen LogP contribution is 2.29. The van der Waals surface area contributed by atoms with Gasteiger partial charge in [-0.15, -0.1) is 13.2 Å². The zero-order valence-electron chi connectivity index (χ0n) is 15.4. The van der Waals surface area contributed by atoms with Gasteiger partial charge in [0, 0.05) is 0 Å². The Hall–Kier alpha value is -3.83. The van der Waals surface area contributed by atoms with Crippen LogP contribution >= 0.6 is 0 Å². The Morgan fingerprint density at radius 3 is 2.30 bits per heavy atom. The molecule has 0 aromatic heterocycles. The standard InChI is InChI=1S/C18H15F3N2O7/c1-2-28-13-7-8-14(15(9-13)23(26)27)22-16(24)10-29-17(25)11-3-5-12(6-4-11)30-18(19,20)21/h3-9H,2,10H2,1H3,(H,22,24). The van der Waals surface area contributed by atoms with E-state index < -0.39 is 41.2 Å².